The number of amides is 1. The van der Waals surface area contributed by atoms with Crippen LogP contribution < -0.4 is 0 Å². The SMILES string of the molecule is O=C1c2[nH]nc(-c3ccccc3O)c2[C@H](c2ccc(O)cc2)N1Cc1ccncc1. The Bertz CT molecular complexity index is 1220. The fourth-order valence-corrected chi connectivity index (χ4v) is 3.93. The van der Waals surface area contributed by atoms with Gasteiger partial charge in [-0.1, -0.05) is 24.3 Å². The van der Waals surface area contributed by atoms with Crippen LogP contribution in [0.5, 0.6) is 11.5 Å². The van der Waals surface area contributed by atoms with Gasteiger partial charge in [-0.2, -0.15) is 5.10 Å². The molecule has 0 unspecified atom stereocenters. The van der Waals surface area contributed by atoms with Gasteiger partial charge in [0.05, 0.1) is 6.04 Å². The molecule has 2 aromatic heterocycles. The Morgan fingerprint density at radius 2 is 1.70 bits per heavy atom. The number of nitrogens with one attached hydrogen (secondary N) is 1. The van der Waals surface area contributed by atoms with Crippen LogP contribution in [-0.2, 0) is 6.54 Å². The fourth-order valence-electron chi connectivity index (χ4n) is 3.93. The van der Waals surface area contributed by atoms with E-state index in [1.165, 1.54) is 0 Å². The zero-order chi connectivity index (χ0) is 20.7. The molecule has 3 N–H and O–H groups in total. The second-order valence-electron chi connectivity index (χ2n) is 7.16. The van der Waals surface area contributed by atoms with Crippen molar-refractivity contribution < 1.29 is 15.0 Å². The van der Waals surface area contributed by atoms with Crippen molar-refractivity contribution in [1.82, 2.24) is 20.1 Å². The molecule has 30 heavy (non-hydrogen) atoms. The molecular formula is C23H18N4O3. The highest BCUT2D eigenvalue weighted by atomic mass is 16.3. The van der Waals surface area contributed by atoms with Gasteiger partial charge in [-0.05, 0) is 47.5 Å². The molecule has 148 valence electrons. The van der Waals surface area contributed by atoms with E-state index in [-0.39, 0.29) is 17.4 Å². The average molecular weight is 398 g/mol. The minimum atomic E-state index is -0.422. The maximum atomic E-state index is 13.3. The van der Waals surface area contributed by atoms with Gasteiger partial charge in [-0.3, -0.25) is 14.9 Å². The molecule has 0 fully saturated rings. The molecule has 4 aromatic rings. The topological polar surface area (TPSA) is 102 Å². The fraction of sp³-hybridized carbons (Fsp3) is 0.0870. The number of carbonyl (C=O) groups is 1. The number of hydrogen-bond donors (Lipinski definition) is 3. The molecule has 0 bridgehead atoms. The van der Waals surface area contributed by atoms with Crippen LogP contribution in [-0.4, -0.2) is 36.2 Å². The molecule has 1 amide bonds. The first kappa shape index (κ1) is 17.9. The highest BCUT2D eigenvalue weighted by Gasteiger charge is 2.42. The van der Waals surface area contributed by atoms with Gasteiger partial charge < -0.3 is 15.1 Å². The van der Waals surface area contributed by atoms with E-state index in [4.69, 9.17) is 0 Å². The van der Waals surface area contributed by atoms with Crippen molar-refractivity contribution >= 4 is 5.91 Å². The van der Waals surface area contributed by atoms with Gasteiger partial charge in [-0.15, -0.1) is 0 Å². The van der Waals surface area contributed by atoms with Gasteiger partial charge in [0, 0.05) is 30.1 Å². The Balaban J connectivity index is 1.67. The molecule has 1 atom stereocenters. The summed E-state index contributed by atoms with van der Waals surface area (Å²) in [6, 6.07) is 17.0. The van der Waals surface area contributed by atoms with Crippen LogP contribution in [0.1, 0.15) is 33.2 Å². The predicted octanol–water partition coefficient (Wildman–Crippen LogP) is 3.63. The van der Waals surface area contributed by atoms with Crippen LogP contribution >= 0.6 is 0 Å². The molecule has 0 spiro atoms. The normalized spacial score (nSPS) is 15.4. The zero-order valence-electron chi connectivity index (χ0n) is 15.9. The summed E-state index contributed by atoms with van der Waals surface area (Å²) in [5, 5.41) is 27.4. The second kappa shape index (κ2) is 7.04. The van der Waals surface area contributed by atoms with E-state index < -0.39 is 6.04 Å². The first-order valence-corrected chi connectivity index (χ1v) is 9.49. The van der Waals surface area contributed by atoms with Crippen LogP contribution in [0.3, 0.4) is 0 Å². The summed E-state index contributed by atoms with van der Waals surface area (Å²) in [7, 11) is 0. The van der Waals surface area contributed by atoms with Crippen LogP contribution in [0.15, 0.2) is 73.1 Å². The van der Waals surface area contributed by atoms with Crippen LogP contribution in [0, 0.1) is 0 Å². The van der Waals surface area contributed by atoms with Crippen LogP contribution in [0.4, 0.5) is 0 Å². The van der Waals surface area contributed by atoms with Crippen molar-refractivity contribution in [3.05, 3.63) is 95.4 Å². The summed E-state index contributed by atoms with van der Waals surface area (Å²) in [4.78, 5) is 19.1. The molecule has 3 heterocycles. The van der Waals surface area contributed by atoms with Crippen molar-refractivity contribution in [3.8, 4) is 22.8 Å². The van der Waals surface area contributed by atoms with E-state index in [9.17, 15) is 15.0 Å². The van der Waals surface area contributed by atoms with Crippen molar-refractivity contribution in [2.45, 2.75) is 12.6 Å². The maximum absolute atomic E-state index is 13.3. The maximum Gasteiger partial charge on any atom is 0.273 e. The summed E-state index contributed by atoms with van der Waals surface area (Å²) in [6.45, 7) is 0.385. The number of rotatable bonds is 4. The number of aromatic amines is 1. The number of para-hydroxylation sites is 1. The number of fused-ring (bicyclic) bond motifs is 1. The quantitative estimate of drug-likeness (QED) is 0.487. The van der Waals surface area contributed by atoms with E-state index in [0.717, 1.165) is 11.1 Å². The highest BCUT2D eigenvalue weighted by Crippen LogP contribution is 2.45. The Morgan fingerprint density at radius 3 is 2.43 bits per heavy atom. The van der Waals surface area contributed by atoms with Crippen molar-refractivity contribution in [3.63, 3.8) is 0 Å². The zero-order valence-corrected chi connectivity index (χ0v) is 15.9. The molecule has 0 radical (unpaired) electrons. The number of pyridine rings is 1. The lowest BCUT2D eigenvalue weighted by atomic mass is 9.95. The van der Waals surface area contributed by atoms with Gasteiger partial charge in [0.15, 0.2) is 0 Å². The third-order valence-electron chi connectivity index (χ3n) is 5.33. The number of nitrogens with zero attached hydrogens (tertiary/aromatic N) is 3. The minimum absolute atomic E-state index is 0.0938. The van der Waals surface area contributed by atoms with Gasteiger partial charge in [-0.25, -0.2) is 0 Å². The molecule has 1 aliphatic rings. The average Bonchev–Trinajstić information content (AvgIpc) is 3.30. The Labute approximate surface area is 172 Å². The van der Waals surface area contributed by atoms with Crippen molar-refractivity contribution in [2.75, 3.05) is 0 Å². The molecular weight excluding hydrogens is 380 g/mol. The van der Waals surface area contributed by atoms with Crippen molar-refractivity contribution in [2.24, 2.45) is 0 Å². The van der Waals surface area contributed by atoms with E-state index >= 15 is 0 Å². The minimum Gasteiger partial charge on any atom is -0.508 e. The Kier molecular flexibility index (Phi) is 4.21. The summed E-state index contributed by atoms with van der Waals surface area (Å²) < 4.78 is 0. The standard InChI is InChI=1S/C23H18N4O3/c28-16-7-5-15(6-8-16)22-19-20(17-3-1-2-4-18(17)29)25-26-21(19)23(30)27(22)13-14-9-11-24-12-10-14/h1-12,22,28-29H,13H2,(H,25,26)/t22-/m0/s1. The Hall–Kier alpha value is -4.13. The van der Waals surface area contributed by atoms with Crippen molar-refractivity contribution in [1.29, 1.82) is 0 Å². The van der Waals surface area contributed by atoms with Crippen LogP contribution in [0.2, 0.25) is 0 Å². The van der Waals surface area contributed by atoms with Crippen LogP contribution in [0.25, 0.3) is 11.3 Å². The summed E-state index contributed by atoms with van der Waals surface area (Å²) in [5.41, 5.74) is 3.99. The molecule has 7 heteroatoms. The molecule has 5 rings (SSSR count). The van der Waals surface area contributed by atoms with Gasteiger partial charge in [0.2, 0.25) is 0 Å². The summed E-state index contributed by atoms with van der Waals surface area (Å²) >= 11 is 0. The van der Waals surface area contributed by atoms with E-state index in [1.807, 2.05) is 18.2 Å². The number of H-pyrrole nitrogens is 1. The smallest absolute Gasteiger partial charge is 0.273 e. The number of aromatic hydroxyl groups is 2. The predicted molar refractivity (Wildman–Crippen MR) is 110 cm³/mol. The van der Waals surface area contributed by atoms with E-state index in [1.54, 1.807) is 59.8 Å². The molecule has 0 aliphatic carbocycles. The molecule has 2 aromatic carbocycles. The third kappa shape index (κ3) is 2.88. The molecule has 7 nitrogen and oxygen atoms in total. The lowest BCUT2D eigenvalue weighted by molar-refractivity contribution is 0.0730. The third-order valence-corrected chi connectivity index (χ3v) is 5.33. The number of phenols is 2. The first-order chi connectivity index (χ1) is 14.6. The highest BCUT2D eigenvalue weighted by molar-refractivity contribution is 6.00. The second-order valence-corrected chi connectivity index (χ2v) is 7.16. The number of carbonyl (C=O) groups excluding carboxylic acids is 1. The largest absolute Gasteiger partial charge is 0.508 e. The van der Waals surface area contributed by atoms with E-state index in [0.29, 0.717) is 29.1 Å². The monoisotopic (exact) mass is 398 g/mol. The summed E-state index contributed by atoms with van der Waals surface area (Å²) in [5.74, 6) is 0.0717. The van der Waals surface area contributed by atoms with Gasteiger partial charge >= 0.3 is 0 Å². The number of phenolic OH excluding ortho intramolecular Hbond substituents is 2. The Morgan fingerprint density at radius 1 is 0.967 bits per heavy atom. The molecule has 1 aliphatic heterocycles. The molecule has 0 saturated carbocycles. The number of hydrogen-bond acceptors (Lipinski definition) is 5. The first-order valence-electron chi connectivity index (χ1n) is 9.49. The molecule has 0 saturated heterocycles. The number of aromatic nitrogens is 3. The van der Waals surface area contributed by atoms with Gasteiger partial charge in [0.1, 0.15) is 22.9 Å². The lowest BCUT2D eigenvalue weighted by Crippen LogP contribution is -2.29. The number of benzene rings is 2. The van der Waals surface area contributed by atoms with E-state index in [2.05, 4.69) is 15.2 Å². The summed E-state index contributed by atoms with van der Waals surface area (Å²) in [6.07, 6.45) is 3.39. The lowest BCUT2D eigenvalue weighted by Gasteiger charge is -2.26. The van der Waals surface area contributed by atoms with Gasteiger partial charge in [0.25, 0.3) is 5.91 Å².